The Morgan fingerprint density at radius 3 is 1.58 bits per heavy atom. The van der Waals surface area contributed by atoms with Gasteiger partial charge in [0.05, 0.1) is 80.3 Å². The molecular weight excluding hydrogens is 1830 g/mol. The van der Waals surface area contributed by atoms with Gasteiger partial charge in [0.1, 0.15) is 27.6 Å². The number of benzene rings is 4. The average Bonchev–Trinajstić information content (AvgIpc) is 1.66. The summed E-state index contributed by atoms with van der Waals surface area (Å²) in [6.45, 7) is 67.9. The summed E-state index contributed by atoms with van der Waals surface area (Å²) in [4.78, 5) is 45.9. The van der Waals surface area contributed by atoms with Crippen LogP contribution in [0.3, 0.4) is 0 Å². The number of allylic oxidation sites excluding steroid dienone is 1. The van der Waals surface area contributed by atoms with Gasteiger partial charge in [-0.05, 0) is 168 Å². The number of para-hydroxylation sites is 1. The molecule has 0 atom stereocenters. The molecule has 0 fully saturated rings. The van der Waals surface area contributed by atoms with Crippen LogP contribution >= 0.6 is 80.7 Å². The van der Waals surface area contributed by atoms with E-state index in [4.69, 9.17) is 58.0 Å². The largest absolute Gasteiger partial charge is 0.358 e. The molecule has 16 nitrogen and oxygen atoms in total. The number of hydrogen-bond acceptors (Lipinski definition) is 12. The van der Waals surface area contributed by atoms with Crippen LogP contribution in [0.4, 0.5) is 0 Å². The summed E-state index contributed by atoms with van der Waals surface area (Å²) in [5.74, 6) is 0. The van der Waals surface area contributed by atoms with E-state index in [9.17, 15) is 0 Å². The fraction of sp³-hybridized carbons (Fsp3) is 0.395. The number of nitrogens with one attached hydrogen (secondary N) is 3. The molecular formula is C114H141Cl5N16S2. The highest BCUT2D eigenvalue weighted by Crippen LogP contribution is 2.40. The number of thiazole rings is 2. The molecule has 1 aliphatic heterocycles. The van der Waals surface area contributed by atoms with Gasteiger partial charge in [-0.25, -0.2) is 29.9 Å². The van der Waals surface area contributed by atoms with Crippen LogP contribution < -0.4 is 5.32 Å². The maximum atomic E-state index is 6.14. The second kappa shape index (κ2) is 42.9. The Bertz CT molecular complexity index is 6920. The Balaban J connectivity index is 0.000000146. The summed E-state index contributed by atoms with van der Waals surface area (Å²) in [7, 11) is 3.98. The number of aromatic nitrogens is 15. The van der Waals surface area contributed by atoms with Gasteiger partial charge in [0.2, 0.25) is 0 Å². The number of nitrogens with zero attached hydrogens (tertiary/aromatic N) is 13. The van der Waals surface area contributed by atoms with E-state index < -0.39 is 0 Å². The number of imidazole rings is 3. The van der Waals surface area contributed by atoms with Crippen LogP contribution in [-0.4, -0.2) is 72.8 Å². The number of fused-ring (bicyclic) bond motifs is 10. The molecule has 0 unspecified atom stereocenters. The van der Waals surface area contributed by atoms with E-state index in [1.165, 1.54) is 77.0 Å². The maximum absolute atomic E-state index is 6.14. The number of pyridine rings is 6. The zero-order valence-corrected chi connectivity index (χ0v) is 91.8. The highest BCUT2D eigenvalue weighted by atomic mass is 35.5. The third-order valence-electron chi connectivity index (χ3n) is 23.5. The number of hydrogen-bond donors (Lipinski definition) is 3. The normalized spacial score (nSPS) is 12.9. The lowest BCUT2D eigenvalue weighted by atomic mass is 9.85. The van der Waals surface area contributed by atoms with Crippen LogP contribution in [-0.2, 0) is 87.8 Å². The minimum atomic E-state index is 0.104. The van der Waals surface area contributed by atoms with E-state index in [0.29, 0.717) is 5.15 Å². The molecule has 20 rings (SSSR count). The smallest absolute Gasteiger partial charge is 0.141 e. The molecule has 4 aromatic carbocycles. The van der Waals surface area contributed by atoms with Gasteiger partial charge in [0.25, 0.3) is 0 Å². The van der Waals surface area contributed by atoms with Crippen molar-refractivity contribution < 1.29 is 0 Å². The highest BCUT2D eigenvalue weighted by molar-refractivity contribution is 7.19. The lowest BCUT2D eigenvalue weighted by molar-refractivity contribution is 0.574. The number of H-pyrrole nitrogens is 2. The zero-order chi connectivity index (χ0) is 101. The van der Waals surface area contributed by atoms with Crippen molar-refractivity contribution in [2.75, 3.05) is 0 Å². The van der Waals surface area contributed by atoms with Crippen LogP contribution in [0.2, 0.25) is 20.2 Å². The molecule has 0 radical (unpaired) electrons. The number of aryl methyl sites for hydroxylation is 2. The van der Waals surface area contributed by atoms with E-state index in [-0.39, 0.29) is 54.1 Å². The summed E-state index contributed by atoms with van der Waals surface area (Å²) in [5.41, 5.74) is 27.5. The third kappa shape index (κ3) is 28.4. The van der Waals surface area contributed by atoms with Gasteiger partial charge in [0.15, 0.2) is 0 Å². The molecule has 0 saturated carbocycles. The molecule has 0 bridgehead atoms. The molecule has 14 aromatic heterocycles. The van der Waals surface area contributed by atoms with Crippen LogP contribution in [0.15, 0.2) is 220 Å². The van der Waals surface area contributed by atoms with E-state index in [1.54, 1.807) is 28.9 Å². The first-order chi connectivity index (χ1) is 63.6. The van der Waals surface area contributed by atoms with Crippen molar-refractivity contribution in [1.82, 2.24) is 78.1 Å². The van der Waals surface area contributed by atoms with Gasteiger partial charge in [-0.2, -0.15) is 0 Å². The van der Waals surface area contributed by atoms with E-state index >= 15 is 0 Å². The Morgan fingerprint density at radius 2 is 0.964 bits per heavy atom. The first kappa shape index (κ1) is 107. The van der Waals surface area contributed by atoms with E-state index in [1.807, 2.05) is 144 Å². The predicted molar refractivity (Wildman–Crippen MR) is 589 cm³/mol. The molecule has 0 saturated heterocycles. The third-order valence-corrected chi connectivity index (χ3v) is 28.2. The number of aromatic amines is 2. The average molecular weight is 1980 g/mol. The summed E-state index contributed by atoms with van der Waals surface area (Å²) in [6.07, 6.45) is 25.7. The SMILES string of the molecule is CC(C)(C)c1cc2cnccc2[nH]1.CC(C)(C)c1cc2ncccc2[nH]1.CC(C)(C)c1ccc2c(c1)CNC2.CC(C)(C)c1ccc2ncc(Cl)n2c1.CC(C)(C)c1ccc2nccn2c1.CC(C)(C)c1cnc2c(c1)C(Cl)=CC2.CC(C)(C)c1nc2c(Cl)cccc2s1.CC(C)(C)c1nc2cccc(Cl)c2s1.Cn1cc(Cl)c2cc(C(C)(C)C)cnc21.Cn1cnc2cc(C(C)(C)C)ccc21. The van der Waals surface area contributed by atoms with Crippen molar-refractivity contribution in [2.24, 2.45) is 14.1 Å². The Kier molecular flexibility index (Phi) is 33.6. The lowest BCUT2D eigenvalue weighted by Crippen LogP contribution is -2.12. The van der Waals surface area contributed by atoms with Crippen molar-refractivity contribution in [3.8, 4) is 0 Å². The first-order valence-corrected chi connectivity index (χ1v) is 50.4. The van der Waals surface area contributed by atoms with E-state index in [2.05, 4.69) is 369 Å². The fourth-order valence-corrected chi connectivity index (χ4v) is 17.9. The highest BCUT2D eigenvalue weighted by Gasteiger charge is 2.27. The van der Waals surface area contributed by atoms with Gasteiger partial charge in [-0.3, -0.25) is 19.4 Å². The molecule has 23 heteroatoms. The molecule has 1 aliphatic carbocycles. The van der Waals surface area contributed by atoms with Crippen molar-refractivity contribution >= 4 is 161 Å². The summed E-state index contributed by atoms with van der Waals surface area (Å²) in [5, 5.41) is 11.7. The minimum Gasteiger partial charge on any atom is -0.358 e. The Hall–Kier alpha value is -10.1. The van der Waals surface area contributed by atoms with Crippen molar-refractivity contribution in [3.05, 3.63) is 317 Å². The monoisotopic (exact) mass is 1970 g/mol. The molecule has 3 N–H and O–H groups in total. The number of halogens is 5. The lowest BCUT2D eigenvalue weighted by Gasteiger charge is -2.19. The van der Waals surface area contributed by atoms with Gasteiger partial charge < -0.3 is 28.8 Å². The number of rotatable bonds is 0. The van der Waals surface area contributed by atoms with Gasteiger partial charge in [-0.1, -0.05) is 320 Å². The Labute approximate surface area is 845 Å². The zero-order valence-electron chi connectivity index (χ0n) is 86.4. The molecule has 0 spiro atoms. The quantitative estimate of drug-likeness (QED) is 0.132. The van der Waals surface area contributed by atoms with Crippen molar-refractivity contribution in [1.29, 1.82) is 0 Å². The molecule has 15 heterocycles. The first-order valence-electron chi connectivity index (χ1n) is 46.9. The molecule has 137 heavy (non-hydrogen) atoms. The van der Waals surface area contributed by atoms with Crippen molar-refractivity contribution in [3.63, 3.8) is 0 Å². The summed E-state index contributed by atoms with van der Waals surface area (Å²) in [6, 6.07) is 48.0. The second-order valence-electron chi connectivity index (χ2n) is 45.6. The standard InChI is InChI=1S/C12H15ClN2.C12H14ClN.C12H16N2.C12H17N.C11H13ClN2.2C11H12ClNS.3C11H14N2/c1-12(2,3)8-5-9-10(13)7-15(4)11(9)14-6-8;1-12(2,3)8-6-9-10(13)4-5-11(9)14-7-8;1-12(2,3)9-5-6-11-10(7-9)13-8-14(11)4;1-12(2,3)11-5-4-9-7-13-8-10(9)6-11;1-11(2,3)8-4-5-10-13-6-9(12)14(10)7-8;1-11(2,3)10-13-9-7(12)5-4-6-8(9)14-10;1-11(2,3)10-13-8-6-4-5-7(12)9(8)14-10;1-11(2,3)10-6-8-7-12-5-4-9(8)13-10;1-11(2,3)9-4-5-10-12-6-7-13(10)8-9;1-11(2,3)10-7-9-8(13-10)5-4-6-12-9/h5-7H,1-4H3;4,6-7H,5H2,1-3H3;5-8H,1-4H3;4-6,13H,7-8H2,1-3H3;4-7H,1-3H3;2*4-6H,1-3H3;4-7,13H,1-3H3;4-8H,1-3H3;4-7,13H,1-3H3. The van der Waals surface area contributed by atoms with Crippen LogP contribution in [0.5, 0.6) is 0 Å². The van der Waals surface area contributed by atoms with Gasteiger partial charge in [-0.15, -0.1) is 22.7 Å². The topological polar surface area (TPSA) is 178 Å². The molecule has 724 valence electrons. The fourth-order valence-electron chi connectivity index (χ4n) is 14.5. The van der Waals surface area contributed by atoms with E-state index in [0.717, 1.165) is 115 Å². The van der Waals surface area contributed by atoms with Gasteiger partial charge in [0, 0.05) is 156 Å². The van der Waals surface area contributed by atoms with Crippen LogP contribution in [0, 0.1) is 0 Å². The summed E-state index contributed by atoms with van der Waals surface area (Å²) >= 11 is 33.8. The second-order valence-corrected chi connectivity index (χ2v) is 49.7. The molecule has 2 aliphatic rings. The van der Waals surface area contributed by atoms with Crippen LogP contribution in [0.25, 0.3) is 80.8 Å². The van der Waals surface area contributed by atoms with Crippen LogP contribution in [0.1, 0.15) is 285 Å². The molecule has 0 amide bonds. The summed E-state index contributed by atoms with van der Waals surface area (Å²) < 4.78 is 10.2. The maximum Gasteiger partial charge on any atom is 0.141 e. The Morgan fingerprint density at radius 1 is 0.387 bits per heavy atom. The van der Waals surface area contributed by atoms with Crippen molar-refractivity contribution in [2.45, 2.75) is 281 Å². The predicted octanol–water partition coefficient (Wildman–Crippen LogP) is 32.6. The van der Waals surface area contributed by atoms with Gasteiger partial charge >= 0.3 is 0 Å². The minimum absolute atomic E-state index is 0.104. The molecule has 18 aromatic rings.